The predicted molar refractivity (Wildman–Crippen MR) is 85.5 cm³/mol. The molecule has 20 heavy (non-hydrogen) atoms. The van der Waals surface area contributed by atoms with Crippen molar-refractivity contribution in [2.45, 2.75) is 57.1 Å². The molecule has 1 heterocycles. The molecule has 0 aromatic carbocycles. The number of anilines is 1. The predicted octanol–water partition coefficient (Wildman–Crippen LogP) is 1.65. The number of aromatic nitrogens is 2. The minimum absolute atomic E-state index is 0.346. The Morgan fingerprint density at radius 1 is 1.25 bits per heavy atom. The third kappa shape index (κ3) is 4.96. The Balaban J connectivity index is 0.000000956. The highest BCUT2D eigenvalue weighted by Gasteiger charge is 2.21. The fourth-order valence-electron chi connectivity index (χ4n) is 2.22. The molecule has 0 radical (unpaired) electrons. The zero-order valence-electron chi connectivity index (χ0n) is 12.5. The third-order valence-corrected chi connectivity index (χ3v) is 3.76. The molecule has 0 amide bonds. The summed E-state index contributed by atoms with van der Waals surface area (Å²) < 4.78 is 0. The molecule has 0 spiro atoms. The summed E-state index contributed by atoms with van der Waals surface area (Å²) in [6, 6.07) is 0.376. The van der Waals surface area contributed by atoms with E-state index in [2.05, 4.69) is 15.3 Å². The molecule has 1 aromatic heterocycles. The fraction of sp³-hybridized carbons (Fsp3) is 0.692. The van der Waals surface area contributed by atoms with Gasteiger partial charge < -0.3 is 15.4 Å². The first-order chi connectivity index (χ1) is 9.70. The second-order valence-electron chi connectivity index (χ2n) is 4.51. The minimum atomic E-state index is -1.54. The van der Waals surface area contributed by atoms with Gasteiger partial charge in [0.15, 0.2) is 5.16 Å². The Labute approximate surface area is 125 Å². The first-order valence-electron chi connectivity index (χ1n) is 7.24. The quantitative estimate of drug-likeness (QED) is 0.445. The summed E-state index contributed by atoms with van der Waals surface area (Å²) in [4.78, 5) is 8.39. The summed E-state index contributed by atoms with van der Waals surface area (Å²) in [5, 5.41) is 22.6. The Morgan fingerprint density at radius 3 is 2.45 bits per heavy atom. The van der Waals surface area contributed by atoms with Gasteiger partial charge in [-0.1, -0.05) is 44.9 Å². The molecule has 5 nitrogen and oxygen atoms in total. The molecule has 0 saturated heterocycles. The summed E-state index contributed by atoms with van der Waals surface area (Å²) in [7, 11) is -1.54. The van der Waals surface area contributed by atoms with E-state index in [0.717, 1.165) is 12.8 Å². The van der Waals surface area contributed by atoms with Crippen LogP contribution in [0, 0.1) is 0 Å². The summed E-state index contributed by atoms with van der Waals surface area (Å²) in [5.74, 6) is 0.552. The van der Waals surface area contributed by atoms with Crippen molar-refractivity contribution in [3.63, 3.8) is 0 Å². The van der Waals surface area contributed by atoms with Gasteiger partial charge in [0.2, 0.25) is 0 Å². The van der Waals surface area contributed by atoms with Crippen LogP contribution >= 0.6 is 11.8 Å². The molecule has 1 aliphatic rings. The Hall–Kier alpha value is -0.785. The first kappa shape index (κ1) is 17.3. The Morgan fingerprint density at radius 2 is 1.90 bits per heavy atom. The number of rotatable bonds is 4. The van der Waals surface area contributed by atoms with E-state index in [-0.39, 0.29) is 0 Å². The third-order valence-electron chi connectivity index (χ3n) is 3.20. The molecule has 1 fully saturated rings. The molecule has 1 saturated carbocycles. The minimum Gasteiger partial charge on any atom is -0.423 e. The molecule has 1 aromatic rings. The lowest BCUT2D eigenvalue weighted by Crippen LogP contribution is -2.36. The first-order valence-corrected chi connectivity index (χ1v) is 8.47. The standard InChI is InChI=1S/C11H18BN3O2S.C2H6/c1-18-11-13-7-9(12(16)17)10(15-11)14-8-5-3-2-4-6-8;1-2/h7-8,16-17H,2-6H2,1H3,(H,13,14,15);1-2H3. The van der Waals surface area contributed by atoms with Gasteiger partial charge in [0.1, 0.15) is 5.82 Å². The lowest BCUT2D eigenvalue weighted by Gasteiger charge is -2.24. The lowest BCUT2D eigenvalue weighted by atomic mass is 9.81. The molecular formula is C13H24BN3O2S. The molecule has 0 atom stereocenters. The fourth-order valence-corrected chi connectivity index (χ4v) is 2.56. The molecule has 0 aliphatic heterocycles. The van der Waals surface area contributed by atoms with Gasteiger partial charge in [-0.15, -0.1) is 0 Å². The van der Waals surface area contributed by atoms with Crippen LogP contribution in [-0.4, -0.2) is 39.4 Å². The van der Waals surface area contributed by atoms with E-state index in [9.17, 15) is 10.0 Å². The van der Waals surface area contributed by atoms with E-state index in [1.54, 1.807) is 0 Å². The van der Waals surface area contributed by atoms with Crippen LogP contribution in [0.1, 0.15) is 46.0 Å². The van der Waals surface area contributed by atoms with Crippen LogP contribution in [0.15, 0.2) is 11.4 Å². The lowest BCUT2D eigenvalue weighted by molar-refractivity contribution is 0.425. The number of thioether (sulfide) groups is 1. The highest BCUT2D eigenvalue weighted by molar-refractivity contribution is 7.98. The van der Waals surface area contributed by atoms with Crippen molar-refractivity contribution in [1.82, 2.24) is 9.97 Å². The van der Waals surface area contributed by atoms with E-state index in [1.807, 2.05) is 20.1 Å². The topological polar surface area (TPSA) is 78.3 Å². The van der Waals surface area contributed by atoms with Crippen LogP contribution in [0.3, 0.4) is 0 Å². The van der Waals surface area contributed by atoms with Gasteiger partial charge in [-0.3, -0.25) is 0 Å². The van der Waals surface area contributed by atoms with Crippen molar-refractivity contribution in [3.05, 3.63) is 6.20 Å². The summed E-state index contributed by atoms with van der Waals surface area (Å²) in [6.45, 7) is 4.00. The number of nitrogens with one attached hydrogen (secondary N) is 1. The van der Waals surface area contributed by atoms with Crippen LogP contribution < -0.4 is 10.8 Å². The van der Waals surface area contributed by atoms with Crippen LogP contribution in [0.5, 0.6) is 0 Å². The molecule has 1 aliphatic carbocycles. The molecular weight excluding hydrogens is 273 g/mol. The van der Waals surface area contributed by atoms with Crippen molar-refractivity contribution in [3.8, 4) is 0 Å². The van der Waals surface area contributed by atoms with Crippen LogP contribution in [0.2, 0.25) is 0 Å². The SMILES string of the molecule is CC.CSc1ncc(B(O)O)c(NC2CCCCC2)n1. The van der Waals surface area contributed by atoms with E-state index in [1.165, 1.54) is 37.2 Å². The highest BCUT2D eigenvalue weighted by atomic mass is 32.2. The van der Waals surface area contributed by atoms with Gasteiger partial charge in [0.25, 0.3) is 0 Å². The number of nitrogens with zero attached hydrogens (tertiary/aromatic N) is 2. The maximum atomic E-state index is 9.33. The van der Waals surface area contributed by atoms with Crippen LogP contribution in [-0.2, 0) is 0 Å². The Bertz CT molecular complexity index is 401. The summed E-state index contributed by atoms with van der Waals surface area (Å²) in [6.07, 6.45) is 9.32. The van der Waals surface area contributed by atoms with Crippen LogP contribution in [0.4, 0.5) is 5.82 Å². The van der Waals surface area contributed by atoms with E-state index < -0.39 is 7.12 Å². The molecule has 112 valence electrons. The smallest absolute Gasteiger partial charge is 0.423 e. The van der Waals surface area contributed by atoms with E-state index in [0.29, 0.717) is 22.5 Å². The van der Waals surface area contributed by atoms with Crippen molar-refractivity contribution in [2.24, 2.45) is 0 Å². The second kappa shape index (κ2) is 9.21. The average molecular weight is 297 g/mol. The van der Waals surface area contributed by atoms with Gasteiger partial charge in [0.05, 0.1) is 0 Å². The molecule has 0 bridgehead atoms. The highest BCUT2D eigenvalue weighted by Crippen LogP contribution is 2.21. The van der Waals surface area contributed by atoms with Crippen molar-refractivity contribution >= 4 is 30.2 Å². The number of hydrogen-bond donors (Lipinski definition) is 3. The van der Waals surface area contributed by atoms with Crippen molar-refractivity contribution < 1.29 is 10.0 Å². The normalized spacial score (nSPS) is 15.2. The van der Waals surface area contributed by atoms with Gasteiger partial charge >= 0.3 is 7.12 Å². The second-order valence-corrected chi connectivity index (χ2v) is 5.29. The monoisotopic (exact) mass is 297 g/mol. The molecule has 0 unspecified atom stereocenters. The molecule has 7 heteroatoms. The van der Waals surface area contributed by atoms with Gasteiger partial charge in [-0.25, -0.2) is 9.97 Å². The van der Waals surface area contributed by atoms with Gasteiger partial charge in [0, 0.05) is 17.7 Å². The zero-order chi connectivity index (χ0) is 15.0. The van der Waals surface area contributed by atoms with E-state index >= 15 is 0 Å². The molecule has 2 rings (SSSR count). The zero-order valence-corrected chi connectivity index (χ0v) is 13.3. The maximum absolute atomic E-state index is 9.33. The van der Waals surface area contributed by atoms with Gasteiger partial charge in [-0.05, 0) is 19.1 Å². The maximum Gasteiger partial charge on any atom is 0.493 e. The van der Waals surface area contributed by atoms with Crippen LogP contribution in [0.25, 0.3) is 0 Å². The van der Waals surface area contributed by atoms with E-state index in [4.69, 9.17) is 0 Å². The Kier molecular flexibility index (Phi) is 7.95. The molecule has 3 N–H and O–H groups in total. The van der Waals surface area contributed by atoms with Crippen molar-refractivity contribution in [1.29, 1.82) is 0 Å². The largest absolute Gasteiger partial charge is 0.493 e. The number of hydrogen-bond acceptors (Lipinski definition) is 6. The average Bonchev–Trinajstić information content (AvgIpc) is 2.50. The van der Waals surface area contributed by atoms with Crippen molar-refractivity contribution in [2.75, 3.05) is 11.6 Å². The summed E-state index contributed by atoms with van der Waals surface area (Å²) >= 11 is 1.44. The van der Waals surface area contributed by atoms with Gasteiger partial charge in [-0.2, -0.15) is 0 Å². The summed E-state index contributed by atoms with van der Waals surface area (Å²) in [5.41, 5.74) is 0.346.